The summed E-state index contributed by atoms with van der Waals surface area (Å²) < 4.78 is 6.20. The van der Waals surface area contributed by atoms with Crippen LogP contribution in [0.3, 0.4) is 0 Å². The second kappa shape index (κ2) is 7.48. The van der Waals surface area contributed by atoms with Crippen molar-refractivity contribution < 1.29 is 9.53 Å². The number of ether oxygens (including phenoxy) is 1. The van der Waals surface area contributed by atoms with Crippen LogP contribution in [0.5, 0.6) is 5.75 Å². The van der Waals surface area contributed by atoms with Crippen LogP contribution in [0.25, 0.3) is 0 Å². The third-order valence-electron chi connectivity index (χ3n) is 2.74. The number of nitrogens with one attached hydrogen (secondary N) is 1. The quantitative estimate of drug-likeness (QED) is 0.793. The summed E-state index contributed by atoms with van der Waals surface area (Å²) in [6, 6.07) is 12.4. The van der Waals surface area contributed by atoms with Crippen LogP contribution in [0.15, 0.2) is 46.9 Å². The molecular weight excluding hydrogens is 354 g/mol. The van der Waals surface area contributed by atoms with E-state index < -0.39 is 0 Å². The largest absolute Gasteiger partial charge is 0.494 e. The van der Waals surface area contributed by atoms with Crippen molar-refractivity contribution in [1.29, 1.82) is 0 Å². The maximum Gasteiger partial charge on any atom is 0.256 e. The van der Waals surface area contributed by atoms with Gasteiger partial charge in [0.15, 0.2) is 0 Å². The van der Waals surface area contributed by atoms with Crippen molar-refractivity contribution in [3.05, 3.63) is 57.5 Å². The lowest BCUT2D eigenvalue weighted by atomic mass is 10.2. The van der Waals surface area contributed by atoms with Gasteiger partial charge in [-0.25, -0.2) is 0 Å². The van der Waals surface area contributed by atoms with Gasteiger partial charge in [-0.2, -0.15) is 0 Å². The highest BCUT2D eigenvalue weighted by Gasteiger charge is 2.11. The highest BCUT2D eigenvalue weighted by Crippen LogP contribution is 2.23. The van der Waals surface area contributed by atoms with Crippen LogP contribution < -0.4 is 10.1 Å². The Bertz CT molecular complexity index is 646. The van der Waals surface area contributed by atoms with Crippen LogP contribution in [0.1, 0.15) is 23.7 Å². The predicted octanol–water partition coefficient (Wildman–Crippen LogP) is 5.14. The van der Waals surface area contributed by atoms with Crippen LogP contribution in [0, 0.1) is 0 Å². The maximum absolute atomic E-state index is 12.2. The summed E-state index contributed by atoms with van der Waals surface area (Å²) in [5.41, 5.74) is 1.22. The summed E-state index contributed by atoms with van der Waals surface area (Å²) >= 11 is 9.21. The van der Waals surface area contributed by atoms with Crippen LogP contribution in [-0.2, 0) is 0 Å². The van der Waals surface area contributed by atoms with Gasteiger partial charge in [0.05, 0.1) is 12.2 Å². The number of anilines is 1. The van der Waals surface area contributed by atoms with Gasteiger partial charge in [-0.3, -0.25) is 4.79 Å². The zero-order valence-corrected chi connectivity index (χ0v) is 13.9. The van der Waals surface area contributed by atoms with Crippen LogP contribution in [0.4, 0.5) is 5.69 Å². The van der Waals surface area contributed by atoms with Gasteiger partial charge in [-0.15, -0.1) is 0 Å². The van der Waals surface area contributed by atoms with Gasteiger partial charge < -0.3 is 10.1 Å². The highest BCUT2D eigenvalue weighted by molar-refractivity contribution is 9.10. The second-order valence-electron chi connectivity index (χ2n) is 4.45. The molecule has 21 heavy (non-hydrogen) atoms. The average molecular weight is 369 g/mol. The molecule has 2 aromatic carbocycles. The highest BCUT2D eigenvalue weighted by atomic mass is 79.9. The number of carbonyl (C=O) groups excluding carboxylic acids is 1. The molecule has 0 aromatic heterocycles. The molecule has 0 aliphatic carbocycles. The zero-order chi connectivity index (χ0) is 15.2. The Kier molecular flexibility index (Phi) is 5.65. The van der Waals surface area contributed by atoms with Crippen molar-refractivity contribution in [2.75, 3.05) is 11.9 Å². The molecule has 2 rings (SSSR count). The lowest BCUT2D eigenvalue weighted by Gasteiger charge is -2.09. The lowest BCUT2D eigenvalue weighted by Crippen LogP contribution is -2.12. The van der Waals surface area contributed by atoms with E-state index in [1.807, 2.05) is 25.1 Å². The van der Waals surface area contributed by atoms with E-state index in [2.05, 4.69) is 21.2 Å². The first kappa shape index (κ1) is 15.9. The Hall–Kier alpha value is -1.52. The normalized spacial score (nSPS) is 10.2. The maximum atomic E-state index is 12.2. The molecule has 0 spiro atoms. The summed E-state index contributed by atoms with van der Waals surface area (Å²) in [6.07, 6.45) is 0.939. The van der Waals surface area contributed by atoms with E-state index in [-0.39, 0.29) is 5.91 Å². The van der Waals surface area contributed by atoms with Crippen molar-refractivity contribution in [1.82, 2.24) is 0 Å². The average Bonchev–Trinajstić information content (AvgIpc) is 2.45. The van der Waals surface area contributed by atoms with Crippen LogP contribution in [0.2, 0.25) is 5.02 Å². The summed E-state index contributed by atoms with van der Waals surface area (Å²) in [5.74, 6) is 0.538. The van der Waals surface area contributed by atoms with Gasteiger partial charge in [0.1, 0.15) is 5.75 Å². The molecule has 0 saturated heterocycles. The van der Waals surface area contributed by atoms with E-state index in [9.17, 15) is 4.79 Å². The van der Waals surface area contributed by atoms with E-state index in [0.717, 1.165) is 12.2 Å². The molecule has 0 fully saturated rings. The Morgan fingerprint density at radius 1 is 1.29 bits per heavy atom. The molecule has 0 heterocycles. The van der Waals surface area contributed by atoms with E-state index in [1.54, 1.807) is 24.3 Å². The Balaban J connectivity index is 2.12. The molecule has 0 unspecified atom stereocenters. The van der Waals surface area contributed by atoms with Crippen molar-refractivity contribution in [2.24, 2.45) is 0 Å². The SMILES string of the molecule is CCCOc1cccc(NC(=O)c2ccc(Cl)cc2Br)c1. The number of hydrogen-bond acceptors (Lipinski definition) is 2. The molecule has 2 aromatic rings. The first-order chi connectivity index (χ1) is 10.1. The van der Waals surface area contributed by atoms with Crippen LogP contribution >= 0.6 is 27.5 Å². The molecule has 110 valence electrons. The molecule has 3 nitrogen and oxygen atoms in total. The summed E-state index contributed by atoms with van der Waals surface area (Å²) in [7, 11) is 0. The topological polar surface area (TPSA) is 38.3 Å². The summed E-state index contributed by atoms with van der Waals surface area (Å²) in [4.78, 5) is 12.2. The summed E-state index contributed by atoms with van der Waals surface area (Å²) in [6.45, 7) is 2.70. The van der Waals surface area contributed by atoms with E-state index >= 15 is 0 Å². The number of benzene rings is 2. The number of hydrogen-bond donors (Lipinski definition) is 1. The van der Waals surface area contributed by atoms with E-state index in [0.29, 0.717) is 27.4 Å². The Morgan fingerprint density at radius 3 is 2.81 bits per heavy atom. The molecule has 0 aliphatic rings. The van der Waals surface area contributed by atoms with Crippen molar-refractivity contribution in [3.8, 4) is 5.75 Å². The minimum absolute atomic E-state index is 0.203. The third kappa shape index (κ3) is 4.48. The monoisotopic (exact) mass is 367 g/mol. The number of halogens is 2. The van der Waals surface area contributed by atoms with Gasteiger partial charge in [-0.1, -0.05) is 24.6 Å². The van der Waals surface area contributed by atoms with Crippen LogP contribution in [-0.4, -0.2) is 12.5 Å². The van der Waals surface area contributed by atoms with Crippen molar-refractivity contribution in [3.63, 3.8) is 0 Å². The number of rotatable bonds is 5. The number of amides is 1. The molecule has 0 atom stereocenters. The minimum Gasteiger partial charge on any atom is -0.494 e. The number of carbonyl (C=O) groups is 1. The molecular formula is C16H15BrClNO2. The molecule has 1 amide bonds. The Labute approximate surface area is 137 Å². The zero-order valence-electron chi connectivity index (χ0n) is 11.5. The smallest absolute Gasteiger partial charge is 0.256 e. The molecule has 0 bridgehead atoms. The van der Waals surface area contributed by atoms with E-state index in [1.165, 1.54) is 0 Å². The van der Waals surface area contributed by atoms with Gasteiger partial charge in [0.25, 0.3) is 5.91 Å². The molecule has 1 N–H and O–H groups in total. The standard InChI is InChI=1S/C16H15BrClNO2/c1-2-8-21-13-5-3-4-12(10-13)19-16(20)14-7-6-11(18)9-15(14)17/h3-7,9-10H,2,8H2,1H3,(H,19,20). The van der Waals surface area contributed by atoms with Gasteiger partial charge in [-0.05, 0) is 52.7 Å². The molecule has 0 radical (unpaired) electrons. The predicted molar refractivity (Wildman–Crippen MR) is 89.3 cm³/mol. The first-order valence-corrected chi connectivity index (χ1v) is 7.76. The van der Waals surface area contributed by atoms with Gasteiger partial charge in [0.2, 0.25) is 0 Å². The fourth-order valence-corrected chi connectivity index (χ4v) is 2.62. The Morgan fingerprint density at radius 2 is 2.10 bits per heavy atom. The molecule has 0 saturated carbocycles. The first-order valence-electron chi connectivity index (χ1n) is 6.59. The minimum atomic E-state index is -0.203. The molecule has 0 aliphatic heterocycles. The third-order valence-corrected chi connectivity index (χ3v) is 3.63. The lowest BCUT2D eigenvalue weighted by molar-refractivity contribution is 0.102. The van der Waals surface area contributed by atoms with E-state index in [4.69, 9.17) is 16.3 Å². The van der Waals surface area contributed by atoms with Crippen molar-refractivity contribution in [2.45, 2.75) is 13.3 Å². The molecule has 5 heteroatoms. The summed E-state index contributed by atoms with van der Waals surface area (Å²) in [5, 5.41) is 3.42. The van der Waals surface area contributed by atoms with Gasteiger partial charge >= 0.3 is 0 Å². The fraction of sp³-hybridized carbons (Fsp3) is 0.188. The van der Waals surface area contributed by atoms with Gasteiger partial charge in [0, 0.05) is 21.2 Å². The second-order valence-corrected chi connectivity index (χ2v) is 5.75. The van der Waals surface area contributed by atoms with Crippen molar-refractivity contribution >= 4 is 39.1 Å². The fourth-order valence-electron chi connectivity index (χ4n) is 1.76.